The summed E-state index contributed by atoms with van der Waals surface area (Å²) in [6, 6.07) is 5.84. The molecule has 98 valence electrons. The monoisotopic (exact) mass is 258 g/mol. The maximum atomic E-state index is 5.70. The molecule has 0 saturated heterocycles. The zero-order valence-corrected chi connectivity index (χ0v) is 10.7. The van der Waals surface area contributed by atoms with E-state index in [4.69, 9.17) is 14.7 Å². The van der Waals surface area contributed by atoms with Crippen molar-refractivity contribution in [2.24, 2.45) is 0 Å². The summed E-state index contributed by atoms with van der Waals surface area (Å²) < 4.78 is 10.7. The van der Waals surface area contributed by atoms with E-state index in [1.165, 1.54) is 0 Å². The van der Waals surface area contributed by atoms with Crippen molar-refractivity contribution in [2.45, 2.75) is 20.4 Å². The molecule has 3 aromatic rings. The fourth-order valence-corrected chi connectivity index (χ4v) is 1.94. The van der Waals surface area contributed by atoms with E-state index in [0.29, 0.717) is 23.8 Å². The summed E-state index contributed by atoms with van der Waals surface area (Å²) in [6.45, 7) is 4.34. The van der Waals surface area contributed by atoms with Gasteiger partial charge in [0.25, 0.3) is 6.01 Å². The van der Waals surface area contributed by atoms with Gasteiger partial charge in [0.05, 0.1) is 5.69 Å². The molecule has 0 bridgehead atoms. The summed E-state index contributed by atoms with van der Waals surface area (Å²) in [5.41, 5.74) is 9.67. The summed E-state index contributed by atoms with van der Waals surface area (Å²) in [7, 11) is 0. The molecule has 3 rings (SSSR count). The smallest absolute Gasteiger partial charge is 0.295 e. The van der Waals surface area contributed by atoms with Crippen LogP contribution in [-0.4, -0.2) is 10.1 Å². The number of nitrogens with two attached hydrogens (primary N) is 1. The second-order valence-corrected chi connectivity index (χ2v) is 4.40. The Morgan fingerprint density at radius 3 is 2.89 bits per heavy atom. The van der Waals surface area contributed by atoms with E-state index < -0.39 is 0 Å². The van der Waals surface area contributed by atoms with Gasteiger partial charge in [0, 0.05) is 23.9 Å². The van der Waals surface area contributed by atoms with Gasteiger partial charge in [-0.05, 0) is 26.0 Å². The van der Waals surface area contributed by atoms with E-state index >= 15 is 0 Å². The molecule has 0 amide bonds. The molecule has 0 spiro atoms. The van der Waals surface area contributed by atoms with Crippen molar-refractivity contribution in [2.75, 3.05) is 11.1 Å². The Labute approximate surface area is 109 Å². The SMILES string of the molecule is Cc1noc(C)c1CNc1nc2ccc(N)cc2o1. The van der Waals surface area contributed by atoms with Gasteiger partial charge in [-0.15, -0.1) is 0 Å². The molecule has 6 heteroatoms. The third kappa shape index (κ3) is 2.12. The van der Waals surface area contributed by atoms with Crippen molar-refractivity contribution < 1.29 is 8.94 Å². The van der Waals surface area contributed by atoms with Gasteiger partial charge in [0.2, 0.25) is 0 Å². The number of benzene rings is 1. The zero-order valence-electron chi connectivity index (χ0n) is 10.7. The minimum Gasteiger partial charge on any atom is -0.423 e. The number of hydrogen-bond acceptors (Lipinski definition) is 6. The van der Waals surface area contributed by atoms with Crippen molar-refractivity contribution in [1.29, 1.82) is 0 Å². The van der Waals surface area contributed by atoms with Crippen LogP contribution in [0.15, 0.2) is 27.1 Å². The zero-order chi connectivity index (χ0) is 13.4. The molecule has 3 N–H and O–H groups in total. The van der Waals surface area contributed by atoms with Gasteiger partial charge in [-0.2, -0.15) is 4.98 Å². The molecule has 6 nitrogen and oxygen atoms in total. The van der Waals surface area contributed by atoms with Crippen molar-refractivity contribution in [3.63, 3.8) is 0 Å². The maximum absolute atomic E-state index is 5.70. The lowest BCUT2D eigenvalue weighted by Crippen LogP contribution is -2.01. The maximum Gasteiger partial charge on any atom is 0.295 e. The molecular weight excluding hydrogens is 244 g/mol. The normalized spacial score (nSPS) is 11.1. The molecule has 0 aliphatic rings. The quantitative estimate of drug-likeness (QED) is 0.702. The predicted octanol–water partition coefficient (Wildman–Crippen LogP) is 2.63. The Morgan fingerprint density at radius 1 is 1.32 bits per heavy atom. The minimum absolute atomic E-state index is 0.459. The van der Waals surface area contributed by atoms with Crippen LogP contribution in [0.4, 0.5) is 11.7 Å². The Bertz CT molecular complexity index is 710. The van der Waals surface area contributed by atoms with Crippen LogP contribution in [0.5, 0.6) is 0 Å². The number of anilines is 2. The van der Waals surface area contributed by atoms with Crippen LogP contribution in [-0.2, 0) is 6.54 Å². The molecule has 0 unspecified atom stereocenters. The Hall–Kier alpha value is -2.50. The van der Waals surface area contributed by atoms with Crippen LogP contribution in [0.25, 0.3) is 11.1 Å². The predicted molar refractivity (Wildman–Crippen MR) is 71.7 cm³/mol. The van der Waals surface area contributed by atoms with Crippen LogP contribution in [0.3, 0.4) is 0 Å². The molecule has 0 saturated carbocycles. The van der Waals surface area contributed by atoms with Crippen LogP contribution < -0.4 is 11.1 Å². The number of hydrogen-bond donors (Lipinski definition) is 2. The number of oxazole rings is 1. The lowest BCUT2D eigenvalue weighted by atomic mass is 10.2. The van der Waals surface area contributed by atoms with E-state index in [1.54, 1.807) is 12.1 Å². The highest BCUT2D eigenvalue weighted by atomic mass is 16.5. The van der Waals surface area contributed by atoms with Crippen LogP contribution in [0, 0.1) is 13.8 Å². The summed E-state index contributed by atoms with van der Waals surface area (Å²) in [6.07, 6.45) is 0. The molecule has 2 aromatic heterocycles. The van der Waals surface area contributed by atoms with E-state index in [1.807, 2.05) is 19.9 Å². The summed E-state index contributed by atoms with van der Waals surface area (Å²) >= 11 is 0. The fraction of sp³-hybridized carbons (Fsp3) is 0.231. The molecule has 0 aliphatic heterocycles. The van der Waals surface area contributed by atoms with E-state index in [9.17, 15) is 0 Å². The first kappa shape index (κ1) is 11.6. The van der Waals surface area contributed by atoms with Gasteiger partial charge < -0.3 is 20.0 Å². The lowest BCUT2D eigenvalue weighted by molar-refractivity contribution is 0.392. The Balaban J connectivity index is 1.82. The van der Waals surface area contributed by atoms with Gasteiger partial charge in [0.1, 0.15) is 11.3 Å². The first-order chi connectivity index (χ1) is 9.13. The van der Waals surface area contributed by atoms with Crippen LogP contribution in [0.1, 0.15) is 17.0 Å². The summed E-state index contributed by atoms with van der Waals surface area (Å²) in [4.78, 5) is 4.33. The molecule has 1 aromatic carbocycles. The number of fused-ring (bicyclic) bond motifs is 1. The summed E-state index contributed by atoms with van der Waals surface area (Å²) in [5.74, 6) is 0.797. The van der Waals surface area contributed by atoms with Gasteiger partial charge in [-0.3, -0.25) is 0 Å². The van der Waals surface area contributed by atoms with Crippen LogP contribution in [0.2, 0.25) is 0 Å². The fourth-order valence-electron chi connectivity index (χ4n) is 1.94. The minimum atomic E-state index is 0.459. The van der Waals surface area contributed by atoms with Gasteiger partial charge in [-0.25, -0.2) is 0 Å². The second-order valence-electron chi connectivity index (χ2n) is 4.40. The van der Waals surface area contributed by atoms with Crippen LogP contribution >= 0.6 is 0 Å². The highest BCUT2D eigenvalue weighted by molar-refractivity contribution is 5.78. The molecule has 2 heterocycles. The number of aryl methyl sites for hydroxylation is 2. The van der Waals surface area contributed by atoms with Gasteiger partial charge >= 0.3 is 0 Å². The highest BCUT2D eigenvalue weighted by Crippen LogP contribution is 2.22. The standard InChI is InChI=1S/C13H14N4O2/c1-7-10(8(2)19-17-7)6-15-13-16-11-4-3-9(14)5-12(11)18-13/h3-5H,6,14H2,1-2H3,(H,15,16). The average molecular weight is 258 g/mol. The van der Waals surface area contributed by atoms with Gasteiger partial charge in [-0.1, -0.05) is 5.16 Å². The molecule has 19 heavy (non-hydrogen) atoms. The van der Waals surface area contributed by atoms with E-state index in [2.05, 4.69) is 15.5 Å². The highest BCUT2D eigenvalue weighted by Gasteiger charge is 2.11. The average Bonchev–Trinajstić information content (AvgIpc) is 2.91. The first-order valence-corrected chi connectivity index (χ1v) is 5.95. The first-order valence-electron chi connectivity index (χ1n) is 5.95. The molecule has 0 aliphatic carbocycles. The number of nitrogens with zero attached hydrogens (tertiary/aromatic N) is 2. The van der Waals surface area contributed by atoms with Crippen molar-refractivity contribution in [3.8, 4) is 0 Å². The largest absolute Gasteiger partial charge is 0.423 e. The van der Waals surface area contributed by atoms with Gasteiger partial charge in [0.15, 0.2) is 5.58 Å². The van der Waals surface area contributed by atoms with Crippen molar-refractivity contribution >= 4 is 22.8 Å². The Kier molecular flexibility index (Phi) is 2.63. The van der Waals surface area contributed by atoms with Crippen molar-refractivity contribution in [3.05, 3.63) is 35.2 Å². The molecular formula is C13H14N4O2. The van der Waals surface area contributed by atoms with E-state index in [-0.39, 0.29) is 0 Å². The number of aromatic nitrogens is 2. The Morgan fingerprint density at radius 2 is 2.16 bits per heavy atom. The lowest BCUT2D eigenvalue weighted by Gasteiger charge is -2.00. The number of nitrogen functional groups attached to an aromatic ring is 1. The molecule has 0 radical (unpaired) electrons. The second kappa shape index (κ2) is 4.31. The topological polar surface area (TPSA) is 90.1 Å². The molecule has 0 fully saturated rings. The van der Waals surface area contributed by atoms with E-state index in [0.717, 1.165) is 22.5 Å². The number of rotatable bonds is 3. The third-order valence-electron chi connectivity index (χ3n) is 3.01. The number of nitrogens with one attached hydrogen (secondary N) is 1. The summed E-state index contributed by atoms with van der Waals surface area (Å²) in [5, 5.41) is 7.02. The molecule has 0 atom stereocenters. The van der Waals surface area contributed by atoms with Crippen molar-refractivity contribution in [1.82, 2.24) is 10.1 Å². The third-order valence-corrected chi connectivity index (χ3v) is 3.01.